The molecule has 0 fully saturated rings. The number of hydrogen-bond donors (Lipinski definition) is 1. The predicted octanol–water partition coefficient (Wildman–Crippen LogP) is 2.02. The highest BCUT2D eigenvalue weighted by Crippen LogP contribution is 1.88. The van der Waals surface area contributed by atoms with E-state index in [2.05, 4.69) is 4.99 Å². The van der Waals surface area contributed by atoms with Gasteiger partial charge in [0.15, 0.2) is 0 Å². The van der Waals surface area contributed by atoms with Crippen molar-refractivity contribution in [1.82, 2.24) is 0 Å². The van der Waals surface area contributed by atoms with Crippen molar-refractivity contribution in [1.29, 1.82) is 5.41 Å². The van der Waals surface area contributed by atoms with Crippen molar-refractivity contribution < 1.29 is 0 Å². The first-order valence-corrected chi connectivity index (χ1v) is 2.85. The van der Waals surface area contributed by atoms with Gasteiger partial charge in [-0.15, -0.1) is 0 Å². The van der Waals surface area contributed by atoms with Gasteiger partial charge in [-0.3, -0.25) is 4.99 Å². The average Bonchev–Trinajstić information content (AvgIpc) is 1.83. The van der Waals surface area contributed by atoms with Crippen LogP contribution < -0.4 is 0 Å². The molecule has 0 aromatic carbocycles. The molecule has 2 heteroatoms. The molecular formula is C7H12N2. The zero-order valence-corrected chi connectivity index (χ0v) is 6.10. The Bertz CT molecular complexity index is 150. The lowest BCUT2D eigenvalue weighted by molar-refractivity contribution is 1.33. The fraction of sp³-hybridized carbons (Fsp3) is 0.429. The maximum absolute atomic E-state index is 6.77. The van der Waals surface area contributed by atoms with E-state index in [-0.39, 0.29) is 0 Å². The van der Waals surface area contributed by atoms with Gasteiger partial charge in [-0.1, -0.05) is 5.57 Å². The Hall–Kier alpha value is -0.920. The third kappa shape index (κ3) is 4.94. The van der Waals surface area contributed by atoms with Gasteiger partial charge >= 0.3 is 0 Å². The van der Waals surface area contributed by atoms with Gasteiger partial charge in [-0.2, -0.15) is 0 Å². The Morgan fingerprint density at radius 1 is 1.33 bits per heavy atom. The minimum atomic E-state index is 0.733. The van der Waals surface area contributed by atoms with Gasteiger partial charge in [-0.05, 0) is 20.8 Å². The van der Waals surface area contributed by atoms with E-state index in [4.69, 9.17) is 5.41 Å². The molecule has 0 unspecified atom stereocenters. The minimum absolute atomic E-state index is 0.733. The molecule has 2 nitrogen and oxygen atoms in total. The number of hydrogen-bond acceptors (Lipinski definition) is 2. The summed E-state index contributed by atoms with van der Waals surface area (Å²) in [6.07, 6.45) is 2.99. The molecule has 0 radical (unpaired) electrons. The summed E-state index contributed by atoms with van der Waals surface area (Å²) >= 11 is 0. The maximum Gasteiger partial charge on any atom is 0.0547 e. The van der Waals surface area contributed by atoms with Crippen LogP contribution in [-0.2, 0) is 0 Å². The lowest BCUT2D eigenvalue weighted by Crippen LogP contribution is -1.87. The summed E-state index contributed by atoms with van der Waals surface area (Å²) in [5.41, 5.74) is 1.88. The van der Waals surface area contributed by atoms with Crippen molar-refractivity contribution in [2.45, 2.75) is 20.8 Å². The van der Waals surface area contributed by atoms with Crippen molar-refractivity contribution >= 4 is 11.9 Å². The number of nitrogens with one attached hydrogen (secondary N) is 1. The van der Waals surface area contributed by atoms with Crippen LogP contribution in [0.4, 0.5) is 0 Å². The van der Waals surface area contributed by atoms with Crippen molar-refractivity contribution in [3.8, 4) is 0 Å². The van der Waals surface area contributed by atoms with Crippen LogP contribution in [0.3, 0.4) is 0 Å². The van der Waals surface area contributed by atoms with E-state index < -0.39 is 0 Å². The summed E-state index contributed by atoms with van der Waals surface area (Å²) in [6, 6.07) is 0. The Kier molecular flexibility index (Phi) is 3.60. The second kappa shape index (κ2) is 4.01. The lowest BCUT2D eigenvalue weighted by Gasteiger charge is -1.84. The van der Waals surface area contributed by atoms with E-state index in [0.717, 1.165) is 11.3 Å². The summed E-state index contributed by atoms with van der Waals surface area (Å²) in [6.45, 7) is 5.74. The van der Waals surface area contributed by atoms with Crippen molar-refractivity contribution in [2.75, 3.05) is 0 Å². The predicted molar refractivity (Wildman–Crippen MR) is 41.3 cm³/mol. The molecular weight excluding hydrogens is 112 g/mol. The van der Waals surface area contributed by atoms with E-state index >= 15 is 0 Å². The first-order chi connectivity index (χ1) is 4.16. The normalized spacial score (nSPS) is 10.8. The Morgan fingerprint density at radius 2 is 1.89 bits per heavy atom. The second-order valence-electron chi connectivity index (χ2n) is 2.12. The fourth-order valence-corrected chi connectivity index (χ4v) is 0.268. The molecule has 0 spiro atoms. The first-order valence-electron chi connectivity index (χ1n) is 2.85. The van der Waals surface area contributed by atoms with Gasteiger partial charge in [0.05, 0.1) is 5.71 Å². The summed E-state index contributed by atoms with van der Waals surface area (Å²) < 4.78 is 0. The van der Waals surface area contributed by atoms with Gasteiger partial charge < -0.3 is 5.41 Å². The Labute approximate surface area is 55.8 Å². The van der Waals surface area contributed by atoms with Gasteiger partial charge in [0.2, 0.25) is 0 Å². The SMILES string of the molecule is CC(C)=CN=C(C)C=N. The number of nitrogens with zero attached hydrogens (tertiary/aromatic N) is 1. The quantitative estimate of drug-likeness (QED) is 0.547. The van der Waals surface area contributed by atoms with Crippen LogP contribution in [0.15, 0.2) is 16.8 Å². The lowest BCUT2D eigenvalue weighted by atomic mass is 10.4. The van der Waals surface area contributed by atoms with Gasteiger partial charge in [0.25, 0.3) is 0 Å². The third-order valence-electron chi connectivity index (χ3n) is 0.735. The zero-order chi connectivity index (χ0) is 7.28. The van der Waals surface area contributed by atoms with Gasteiger partial charge in [-0.25, -0.2) is 0 Å². The van der Waals surface area contributed by atoms with E-state index in [9.17, 15) is 0 Å². The van der Waals surface area contributed by atoms with Crippen LogP contribution in [-0.4, -0.2) is 11.9 Å². The van der Waals surface area contributed by atoms with Crippen molar-refractivity contribution in [3.05, 3.63) is 11.8 Å². The average molecular weight is 124 g/mol. The number of allylic oxidation sites excluding steroid dienone is 1. The Balaban J connectivity index is 3.98. The van der Waals surface area contributed by atoms with Crippen molar-refractivity contribution in [3.63, 3.8) is 0 Å². The molecule has 0 atom stereocenters. The molecule has 0 bridgehead atoms. The topological polar surface area (TPSA) is 36.2 Å². The van der Waals surface area contributed by atoms with Crippen LogP contribution in [0.25, 0.3) is 0 Å². The Morgan fingerprint density at radius 3 is 2.22 bits per heavy atom. The largest absolute Gasteiger partial charge is 0.307 e. The molecule has 0 aromatic rings. The molecule has 0 saturated heterocycles. The molecule has 0 aromatic heterocycles. The molecule has 50 valence electrons. The van der Waals surface area contributed by atoms with Crippen LogP contribution in [0.1, 0.15) is 20.8 Å². The van der Waals surface area contributed by atoms with Crippen molar-refractivity contribution in [2.24, 2.45) is 4.99 Å². The van der Waals surface area contributed by atoms with E-state index in [1.807, 2.05) is 13.8 Å². The van der Waals surface area contributed by atoms with Gasteiger partial charge in [0.1, 0.15) is 0 Å². The fourth-order valence-electron chi connectivity index (χ4n) is 0.268. The summed E-state index contributed by atoms with van der Waals surface area (Å²) in [4.78, 5) is 3.95. The van der Waals surface area contributed by atoms with Crippen LogP contribution in [0.2, 0.25) is 0 Å². The van der Waals surface area contributed by atoms with E-state index in [1.54, 1.807) is 13.1 Å². The van der Waals surface area contributed by atoms with Crippen LogP contribution in [0, 0.1) is 5.41 Å². The molecule has 0 amide bonds. The molecule has 1 N–H and O–H groups in total. The number of rotatable bonds is 2. The monoisotopic (exact) mass is 124 g/mol. The van der Waals surface area contributed by atoms with E-state index in [1.165, 1.54) is 6.21 Å². The standard InChI is InChI=1S/C7H12N2/c1-6(2)5-9-7(3)4-8/h4-5,8H,1-3H3. The summed E-state index contributed by atoms with van der Waals surface area (Å²) in [7, 11) is 0. The second-order valence-corrected chi connectivity index (χ2v) is 2.12. The maximum atomic E-state index is 6.77. The summed E-state index contributed by atoms with van der Waals surface area (Å²) in [5, 5.41) is 6.77. The molecule has 0 saturated carbocycles. The highest BCUT2D eigenvalue weighted by atomic mass is 14.7. The molecule has 0 aliphatic heterocycles. The summed E-state index contributed by atoms with van der Waals surface area (Å²) in [5.74, 6) is 0. The molecule has 0 aliphatic rings. The van der Waals surface area contributed by atoms with Crippen LogP contribution >= 0.6 is 0 Å². The van der Waals surface area contributed by atoms with Gasteiger partial charge in [0, 0.05) is 12.4 Å². The number of aliphatic imine (C=N–C) groups is 1. The molecule has 0 rings (SSSR count). The third-order valence-corrected chi connectivity index (χ3v) is 0.735. The first kappa shape index (κ1) is 8.08. The highest BCUT2D eigenvalue weighted by Gasteiger charge is 1.77. The zero-order valence-electron chi connectivity index (χ0n) is 6.10. The molecule has 0 aliphatic carbocycles. The van der Waals surface area contributed by atoms with E-state index in [0.29, 0.717) is 0 Å². The van der Waals surface area contributed by atoms with Crippen LogP contribution in [0.5, 0.6) is 0 Å². The smallest absolute Gasteiger partial charge is 0.0547 e. The molecule has 9 heavy (non-hydrogen) atoms. The minimum Gasteiger partial charge on any atom is -0.307 e. The molecule has 0 heterocycles. The highest BCUT2D eigenvalue weighted by molar-refractivity contribution is 6.28.